The Morgan fingerprint density at radius 2 is 1.66 bits per heavy atom. The van der Waals surface area contributed by atoms with Crippen molar-refractivity contribution in [3.05, 3.63) is 93.6 Å². The van der Waals surface area contributed by atoms with Crippen molar-refractivity contribution in [1.82, 2.24) is 9.80 Å². The normalized spacial score (nSPS) is 10.8. The van der Waals surface area contributed by atoms with Crippen molar-refractivity contribution in [2.24, 2.45) is 0 Å². The van der Waals surface area contributed by atoms with Gasteiger partial charge >= 0.3 is 0 Å². The van der Waals surface area contributed by atoms with Gasteiger partial charge in [-0.2, -0.15) is 0 Å². The second-order valence-electron chi connectivity index (χ2n) is 7.34. The van der Waals surface area contributed by atoms with E-state index < -0.39 is 0 Å². The summed E-state index contributed by atoms with van der Waals surface area (Å²) in [4.78, 5) is 29.4. The SMILES string of the molecule is CCCN(CC(=O)N(Cc1ccc(F)cc1)Cc1ccco1)C(=O)c1cc(Cl)cc(Cl)c1. The van der Waals surface area contributed by atoms with Crippen molar-refractivity contribution < 1.29 is 18.4 Å². The van der Waals surface area contributed by atoms with E-state index in [1.807, 2.05) is 6.92 Å². The van der Waals surface area contributed by atoms with Crippen molar-refractivity contribution in [2.75, 3.05) is 13.1 Å². The van der Waals surface area contributed by atoms with Gasteiger partial charge in [-0.05, 0) is 54.4 Å². The van der Waals surface area contributed by atoms with Gasteiger partial charge in [0.2, 0.25) is 5.91 Å². The second-order valence-corrected chi connectivity index (χ2v) is 8.21. The molecule has 0 spiro atoms. The fraction of sp³-hybridized carbons (Fsp3) is 0.250. The molecule has 3 aromatic rings. The third-order valence-electron chi connectivity index (χ3n) is 4.78. The molecule has 1 aromatic heterocycles. The monoisotopic (exact) mass is 476 g/mol. The zero-order valence-electron chi connectivity index (χ0n) is 17.6. The number of nitrogens with zero attached hydrogens (tertiary/aromatic N) is 2. The molecule has 0 aliphatic carbocycles. The van der Waals surface area contributed by atoms with Crippen LogP contribution >= 0.6 is 23.2 Å². The summed E-state index contributed by atoms with van der Waals surface area (Å²) in [5.74, 6) is -0.335. The first-order chi connectivity index (χ1) is 15.4. The van der Waals surface area contributed by atoms with Crippen molar-refractivity contribution >= 4 is 35.0 Å². The summed E-state index contributed by atoms with van der Waals surface area (Å²) in [6.45, 7) is 2.66. The molecular weight excluding hydrogens is 454 g/mol. The molecule has 8 heteroatoms. The summed E-state index contributed by atoms with van der Waals surface area (Å²) in [5, 5.41) is 0.693. The second kappa shape index (κ2) is 11.2. The summed E-state index contributed by atoms with van der Waals surface area (Å²) in [6, 6.07) is 14.1. The van der Waals surface area contributed by atoms with E-state index in [-0.39, 0.29) is 37.3 Å². The van der Waals surface area contributed by atoms with Crippen LogP contribution in [0.15, 0.2) is 65.3 Å². The van der Waals surface area contributed by atoms with Crippen LogP contribution in [0.2, 0.25) is 10.0 Å². The molecule has 0 unspecified atom stereocenters. The lowest BCUT2D eigenvalue weighted by Gasteiger charge is -2.27. The number of rotatable bonds is 9. The maximum absolute atomic E-state index is 13.3. The number of carbonyl (C=O) groups is 2. The third kappa shape index (κ3) is 6.58. The van der Waals surface area contributed by atoms with E-state index in [1.54, 1.807) is 35.2 Å². The number of hydrogen-bond donors (Lipinski definition) is 0. The largest absolute Gasteiger partial charge is 0.467 e. The van der Waals surface area contributed by atoms with E-state index in [0.29, 0.717) is 34.3 Å². The van der Waals surface area contributed by atoms with Gasteiger partial charge in [0.25, 0.3) is 5.91 Å². The van der Waals surface area contributed by atoms with Gasteiger partial charge in [-0.3, -0.25) is 9.59 Å². The van der Waals surface area contributed by atoms with Crippen LogP contribution in [0.3, 0.4) is 0 Å². The van der Waals surface area contributed by atoms with E-state index in [4.69, 9.17) is 27.6 Å². The topological polar surface area (TPSA) is 53.8 Å². The van der Waals surface area contributed by atoms with Crippen LogP contribution in [-0.4, -0.2) is 34.7 Å². The maximum atomic E-state index is 13.3. The molecule has 0 saturated heterocycles. The molecule has 0 saturated carbocycles. The molecule has 0 radical (unpaired) electrons. The predicted octanol–water partition coefficient (Wildman–Crippen LogP) is 5.81. The Balaban J connectivity index is 1.80. The molecule has 2 amide bonds. The summed E-state index contributed by atoms with van der Waals surface area (Å²) in [6.07, 6.45) is 2.20. The molecule has 32 heavy (non-hydrogen) atoms. The Bertz CT molecular complexity index is 1040. The van der Waals surface area contributed by atoms with E-state index in [2.05, 4.69) is 0 Å². The van der Waals surface area contributed by atoms with Crippen LogP contribution in [0.25, 0.3) is 0 Å². The fourth-order valence-corrected chi connectivity index (χ4v) is 3.80. The fourth-order valence-electron chi connectivity index (χ4n) is 3.28. The highest BCUT2D eigenvalue weighted by Crippen LogP contribution is 2.21. The zero-order valence-corrected chi connectivity index (χ0v) is 19.1. The van der Waals surface area contributed by atoms with Crippen LogP contribution in [0.1, 0.15) is 35.0 Å². The van der Waals surface area contributed by atoms with Crippen molar-refractivity contribution in [1.29, 1.82) is 0 Å². The number of benzene rings is 2. The lowest BCUT2D eigenvalue weighted by Crippen LogP contribution is -2.42. The lowest BCUT2D eigenvalue weighted by molar-refractivity contribution is -0.133. The van der Waals surface area contributed by atoms with Crippen LogP contribution in [0.4, 0.5) is 4.39 Å². The lowest BCUT2D eigenvalue weighted by atomic mass is 10.1. The number of hydrogen-bond acceptors (Lipinski definition) is 3. The van der Waals surface area contributed by atoms with Gasteiger partial charge in [0.15, 0.2) is 0 Å². The van der Waals surface area contributed by atoms with Gasteiger partial charge in [-0.15, -0.1) is 0 Å². The van der Waals surface area contributed by atoms with Crippen LogP contribution in [0, 0.1) is 5.82 Å². The Morgan fingerprint density at radius 1 is 0.969 bits per heavy atom. The molecule has 0 aliphatic heterocycles. The molecule has 0 fully saturated rings. The molecule has 0 bridgehead atoms. The Labute approximate surface area is 196 Å². The predicted molar refractivity (Wildman–Crippen MR) is 122 cm³/mol. The minimum Gasteiger partial charge on any atom is -0.467 e. The van der Waals surface area contributed by atoms with Gasteiger partial charge in [0.05, 0.1) is 12.8 Å². The van der Waals surface area contributed by atoms with Gasteiger partial charge < -0.3 is 14.2 Å². The van der Waals surface area contributed by atoms with Gasteiger partial charge in [0, 0.05) is 28.7 Å². The Morgan fingerprint density at radius 3 is 2.25 bits per heavy atom. The van der Waals surface area contributed by atoms with E-state index >= 15 is 0 Å². The standard InChI is InChI=1S/C24H23Cl2FN2O3/c1-2-9-28(24(31)18-11-19(25)13-20(26)12-18)16-23(30)29(15-22-4-3-10-32-22)14-17-5-7-21(27)8-6-17/h3-8,10-13H,2,9,14-16H2,1H3. The minimum atomic E-state index is -0.349. The van der Waals surface area contributed by atoms with E-state index in [1.165, 1.54) is 35.4 Å². The molecule has 2 aromatic carbocycles. The first-order valence-corrected chi connectivity index (χ1v) is 10.9. The maximum Gasteiger partial charge on any atom is 0.254 e. The quantitative estimate of drug-likeness (QED) is 0.391. The van der Waals surface area contributed by atoms with Crippen molar-refractivity contribution in [2.45, 2.75) is 26.4 Å². The average Bonchev–Trinajstić information content (AvgIpc) is 3.26. The van der Waals surface area contributed by atoms with Crippen molar-refractivity contribution in [3.63, 3.8) is 0 Å². The van der Waals surface area contributed by atoms with Crippen LogP contribution in [-0.2, 0) is 17.9 Å². The first kappa shape index (κ1) is 23.8. The molecule has 168 valence electrons. The molecule has 5 nitrogen and oxygen atoms in total. The number of furan rings is 1. The van der Waals surface area contributed by atoms with Gasteiger partial charge in [-0.1, -0.05) is 42.3 Å². The van der Waals surface area contributed by atoms with Gasteiger partial charge in [-0.25, -0.2) is 4.39 Å². The third-order valence-corrected chi connectivity index (χ3v) is 5.22. The molecule has 0 aliphatic rings. The highest BCUT2D eigenvalue weighted by Gasteiger charge is 2.23. The molecule has 0 N–H and O–H groups in total. The molecule has 1 heterocycles. The Hall–Kier alpha value is -2.83. The summed E-state index contributed by atoms with van der Waals surface area (Å²) >= 11 is 12.1. The molecule has 0 atom stereocenters. The first-order valence-electron chi connectivity index (χ1n) is 10.2. The van der Waals surface area contributed by atoms with Crippen LogP contribution in [0.5, 0.6) is 0 Å². The molecular formula is C24H23Cl2FN2O3. The van der Waals surface area contributed by atoms with E-state index in [0.717, 1.165) is 5.56 Å². The summed E-state index contributed by atoms with van der Waals surface area (Å²) < 4.78 is 18.7. The van der Waals surface area contributed by atoms with Crippen LogP contribution < -0.4 is 0 Å². The van der Waals surface area contributed by atoms with Gasteiger partial charge in [0.1, 0.15) is 18.1 Å². The van der Waals surface area contributed by atoms with E-state index in [9.17, 15) is 14.0 Å². The zero-order chi connectivity index (χ0) is 23.1. The average molecular weight is 477 g/mol. The highest BCUT2D eigenvalue weighted by molar-refractivity contribution is 6.35. The van der Waals surface area contributed by atoms with Crippen molar-refractivity contribution in [3.8, 4) is 0 Å². The summed E-state index contributed by atoms with van der Waals surface area (Å²) in [5.41, 5.74) is 1.08. The number of halogens is 3. The number of amides is 2. The highest BCUT2D eigenvalue weighted by atomic mass is 35.5. The minimum absolute atomic E-state index is 0.126. The molecule has 3 rings (SSSR count). The number of carbonyl (C=O) groups excluding carboxylic acids is 2. The summed E-state index contributed by atoms with van der Waals surface area (Å²) in [7, 11) is 0. The Kier molecular flexibility index (Phi) is 8.31. The smallest absolute Gasteiger partial charge is 0.254 e.